The average molecular weight is 294 g/mol. The number of hydrogen-bond donors (Lipinski definition) is 1. The van der Waals surface area contributed by atoms with E-state index in [4.69, 9.17) is 4.74 Å². The van der Waals surface area contributed by atoms with Crippen molar-refractivity contribution in [3.8, 4) is 17.0 Å². The van der Waals surface area contributed by atoms with Crippen LogP contribution < -0.4 is 10.1 Å². The molecule has 88 valence electrons. The topological polar surface area (TPSA) is 47.0 Å². The third-order valence-electron chi connectivity index (χ3n) is 2.33. The first-order valence-corrected chi connectivity index (χ1v) is 5.88. The number of hydrogen-bond acceptors (Lipinski definition) is 4. The lowest BCUT2D eigenvalue weighted by Crippen LogP contribution is -1.96. The zero-order valence-electron chi connectivity index (χ0n) is 9.57. The molecule has 0 amide bonds. The lowest BCUT2D eigenvalue weighted by Gasteiger charge is -2.06. The van der Waals surface area contributed by atoms with Gasteiger partial charge in [0.1, 0.15) is 5.75 Å². The number of halogens is 1. The third-order valence-corrected chi connectivity index (χ3v) is 2.95. The van der Waals surface area contributed by atoms with Gasteiger partial charge in [-0.05, 0) is 40.2 Å². The molecule has 2 rings (SSSR count). The number of methoxy groups -OCH3 is 1. The summed E-state index contributed by atoms with van der Waals surface area (Å²) in [5, 5.41) is 2.92. The van der Waals surface area contributed by atoms with E-state index < -0.39 is 0 Å². The van der Waals surface area contributed by atoms with Gasteiger partial charge in [-0.3, -0.25) is 0 Å². The van der Waals surface area contributed by atoms with Crippen molar-refractivity contribution < 1.29 is 4.74 Å². The molecule has 0 saturated carbocycles. The van der Waals surface area contributed by atoms with Crippen molar-refractivity contribution in [1.29, 1.82) is 0 Å². The van der Waals surface area contributed by atoms with Gasteiger partial charge in [-0.25, -0.2) is 9.97 Å². The van der Waals surface area contributed by atoms with Crippen molar-refractivity contribution in [2.45, 2.75) is 0 Å². The molecule has 4 nitrogen and oxygen atoms in total. The van der Waals surface area contributed by atoms with E-state index in [9.17, 15) is 0 Å². The minimum atomic E-state index is 0.606. The van der Waals surface area contributed by atoms with Crippen LogP contribution in [0.3, 0.4) is 0 Å². The second-order valence-corrected chi connectivity index (χ2v) is 4.22. The van der Waals surface area contributed by atoms with Crippen LogP contribution in [0, 0.1) is 0 Å². The van der Waals surface area contributed by atoms with Crippen LogP contribution in [0.2, 0.25) is 0 Å². The zero-order valence-corrected chi connectivity index (χ0v) is 11.2. The first kappa shape index (κ1) is 11.9. The third kappa shape index (κ3) is 2.55. The first-order chi connectivity index (χ1) is 8.24. The number of benzene rings is 1. The number of nitrogens with zero attached hydrogens (tertiary/aromatic N) is 2. The minimum absolute atomic E-state index is 0.606. The Bertz CT molecular complexity index is 531. The number of rotatable bonds is 3. The lowest BCUT2D eigenvalue weighted by molar-refractivity contribution is 0.412. The quantitative estimate of drug-likeness (QED) is 0.945. The summed E-state index contributed by atoms with van der Waals surface area (Å²) in [6.07, 6.45) is 1.73. The Kier molecular flexibility index (Phi) is 3.58. The Hall–Kier alpha value is -1.62. The van der Waals surface area contributed by atoms with Crippen molar-refractivity contribution in [3.05, 3.63) is 34.9 Å². The van der Waals surface area contributed by atoms with E-state index in [1.54, 1.807) is 20.4 Å². The fourth-order valence-corrected chi connectivity index (χ4v) is 2.01. The first-order valence-electron chi connectivity index (χ1n) is 5.09. The lowest BCUT2D eigenvalue weighted by atomic mass is 10.1. The summed E-state index contributed by atoms with van der Waals surface area (Å²) in [6, 6.07) is 7.71. The van der Waals surface area contributed by atoms with Crippen molar-refractivity contribution >= 4 is 21.9 Å². The Balaban J connectivity index is 2.42. The predicted molar refractivity (Wildman–Crippen MR) is 71.3 cm³/mol. The zero-order chi connectivity index (χ0) is 12.3. The monoisotopic (exact) mass is 293 g/mol. The number of aromatic nitrogens is 2. The van der Waals surface area contributed by atoms with Gasteiger partial charge >= 0.3 is 0 Å². The van der Waals surface area contributed by atoms with E-state index in [0.29, 0.717) is 5.95 Å². The van der Waals surface area contributed by atoms with Crippen molar-refractivity contribution in [3.63, 3.8) is 0 Å². The van der Waals surface area contributed by atoms with Gasteiger partial charge in [0.25, 0.3) is 0 Å². The fraction of sp³-hybridized carbons (Fsp3) is 0.167. The predicted octanol–water partition coefficient (Wildman–Crippen LogP) is 2.96. The molecule has 1 aromatic carbocycles. The van der Waals surface area contributed by atoms with Crippen LogP contribution in [0.5, 0.6) is 5.75 Å². The summed E-state index contributed by atoms with van der Waals surface area (Å²) >= 11 is 3.46. The van der Waals surface area contributed by atoms with Crippen LogP contribution in [0.4, 0.5) is 5.95 Å². The van der Waals surface area contributed by atoms with E-state index in [2.05, 4.69) is 31.2 Å². The molecule has 0 fully saturated rings. The highest BCUT2D eigenvalue weighted by molar-refractivity contribution is 9.10. The maximum atomic E-state index is 5.19. The molecule has 0 aliphatic rings. The molecule has 0 spiro atoms. The molecule has 0 bridgehead atoms. The van der Waals surface area contributed by atoms with Gasteiger partial charge in [0.2, 0.25) is 5.95 Å². The summed E-state index contributed by atoms with van der Waals surface area (Å²) in [5.74, 6) is 1.41. The maximum absolute atomic E-state index is 5.19. The normalized spacial score (nSPS) is 10.1. The highest BCUT2D eigenvalue weighted by atomic mass is 79.9. The van der Waals surface area contributed by atoms with Crippen LogP contribution in [0.1, 0.15) is 0 Å². The fourth-order valence-electron chi connectivity index (χ4n) is 1.47. The molecule has 5 heteroatoms. The molecule has 17 heavy (non-hydrogen) atoms. The second kappa shape index (κ2) is 5.14. The van der Waals surface area contributed by atoms with Gasteiger partial charge in [0.15, 0.2) is 0 Å². The summed E-state index contributed by atoms with van der Waals surface area (Å²) in [5.41, 5.74) is 1.88. The highest BCUT2D eigenvalue weighted by Crippen LogP contribution is 2.29. The van der Waals surface area contributed by atoms with E-state index >= 15 is 0 Å². The van der Waals surface area contributed by atoms with E-state index in [-0.39, 0.29) is 0 Å². The Morgan fingerprint density at radius 2 is 2.12 bits per heavy atom. The van der Waals surface area contributed by atoms with Crippen molar-refractivity contribution in [2.24, 2.45) is 0 Å². The molecule has 0 radical (unpaired) electrons. The smallest absolute Gasteiger partial charge is 0.222 e. The Labute approximate surface area is 108 Å². The largest absolute Gasteiger partial charge is 0.496 e. The molecule has 0 unspecified atom stereocenters. The van der Waals surface area contributed by atoms with Gasteiger partial charge < -0.3 is 10.1 Å². The summed E-state index contributed by atoms with van der Waals surface area (Å²) in [4.78, 5) is 8.46. The van der Waals surface area contributed by atoms with Crippen LogP contribution in [-0.2, 0) is 0 Å². The molecule has 1 N–H and O–H groups in total. The van der Waals surface area contributed by atoms with E-state index in [1.807, 2.05) is 24.3 Å². The molecule has 0 aliphatic carbocycles. The van der Waals surface area contributed by atoms with Crippen LogP contribution >= 0.6 is 15.9 Å². The van der Waals surface area contributed by atoms with Gasteiger partial charge in [-0.15, -0.1) is 0 Å². The average Bonchev–Trinajstić information content (AvgIpc) is 2.38. The van der Waals surface area contributed by atoms with E-state index in [0.717, 1.165) is 21.5 Å². The summed E-state index contributed by atoms with van der Waals surface area (Å²) in [6.45, 7) is 0. The van der Waals surface area contributed by atoms with Gasteiger partial charge in [0, 0.05) is 18.8 Å². The minimum Gasteiger partial charge on any atom is -0.496 e. The molecule has 0 aliphatic heterocycles. The molecular weight excluding hydrogens is 282 g/mol. The number of nitrogens with one attached hydrogen (secondary N) is 1. The van der Waals surface area contributed by atoms with Crippen LogP contribution in [0.15, 0.2) is 34.9 Å². The number of anilines is 1. The molecule has 1 heterocycles. The highest BCUT2D eigenvalue weighted by Gasteiger charge is 2.05. The van der Waals surface area contributed by atoms with Gasteiger partial charge in [0.05, 0.1) is 17.3 Å². The van der Waals surface area contributed by atoms with Gasteiger partial charge in [-0.2, -0.15) is 0 Å². The van der Waals surface area contributed by atoms with Crippen LogP contribution in [-0.4, -0.2) is 24.1 Å². The van der Waals surface area contributed by atoms with Gasteiger partial charge in [-0.1, -0.05) is 0 Å². The molecular formula is C12H12BrN3O. The van der Waals surface area contributed by atoms with Crippen molar-refractivity contribution in [2.75, 3.05) is 19.5 Å². The van der Waals surface area contributed by atoms with Crippen molar-refractivity contribution in [1.82, 2.24) is 9.97 Å². The SMILES string of the molecule is CNc1nccc(-c2ccc(OC)c(Br)c2)n1. The van der Waals surface area contributed by atoms with Crippen LogP contribution in [0.25, 0.3) is 11.3 Å². The summed E-state index contributed by atoms with van der Waals surface area (Å²) < 4.78 is 6.09. The Morgan fingerprint density at radius 3 is 2.76 bits per heavy atom. The molecule has 1 aromatic heterocycles. The summed E-state index contributed by atoms with van der Waals surface area (Å²) in [7, 11) is 3.44. The second-order valence-electron chi connectivity index (χ2n) is 3.36. The molecule has 0 atom stereocenters. The molecule has 0 saturated heterocycles. The standard InChI is InChI=1S/C12H12BrN3O/c1-14-12-15-6-5-10(16-12)8-3-4-11(17-2)9(13)7-8/h3-7H,1-2H3,(H,14,15,16). The molecule has 2 aromatic rings. The maximum Gasteiger partial charge on any atom is 0.222 e. The van der Waals surface area contributed by atoms with E-state index in [1.165, 1.54) is 0 Å². The number of ether oxygens (including phenoxy) is 1. The Morgan fingerprint density at radius 1 is 1.29 bits per heavy atom.